The van der Waals surface area contributed by atoms with E-state index in [1.165, 1.54) is 0 Å². The van der Waals surface area contributed by atoms with Crippen molar-refractivity contribution < 1.29 is 19.1 Å². The molecule has 5 heteroatoms. The molecule has 0 aliphatic rings. The second-order valence-electron chi connectivity index (χ2n) is 5.99. The molecule has 2 aromatic carbocycles. The summed E-state index contributed by atoms with van der Waals surface area (Å²) in [6.07, 6.45) is 0.588. The topological polar surface area (TPSA) is 79.5 Å². The predicted molar refractivity (Wildman–Crippen MR) is 91.9 cm³/mol. The molecule has 5 nitrogen and oxygen atoms in total. The minimum Gasteiger partial charge on any atom is -0.481 e. The Morgan fingerprint density at radius 3 is 2.75 bits per heavy atom. The van der Waals surface area contributed by atoms with Gasteiger partial charge in [0.15, 0.2) is 0 Å². The molecule has 3 aromatic rings. The molecule has 2 N–H and O–H groups in total. The maximum absolute atomic E-state index is 12.1. The van der Waals surface area contributed by atoms with E-state index in [-0.39, 0.29) is 24.8 Å². The number of amides is 1. The molecule has 0 radical (unpaired) electrons. The van der Waals surface area contributed by atoms with Crippen LogP contribution in [0, 0.1) is 0 Å². The summed E-state index contributed by atoms with van der Waals surface area (Å²) in [4.78, 5) is 22.6. The first-order chi connectivity index (χ1) is 11.5. The number of rotatable bonds is 6. The average molecular weight is 325 g/mol. The van der Waals surface area contributed by atoms with Crippen molar-refractivity contribution >= 4 is 33.6 Å². The molecule has 1 heterocycles. The third-order valence-electron chi connectivity index (χ3n) is 4.01. The molecule has 0 aliphatic carbocycles. The van der Waals surface area contributed by atoms with Crippen LogP contribution in [-0.2, 0) is 16.0 Å². The van der Waals surface area contributed by atoms with E-state index < -0.39 is 5.97 Å². The van der Waals surface area contributed by atoms with Gasteiger partial charge in [0.2, 0.25) is 5.91 Å². The highest BCUT2D eigenvalue weighted by Crippen LogP contribution is 2.28. The number of carboxylic acid groups (broad SMARTS) is 1. The van der Waals surface area contributed by atoms with E-state index in [2.05, 4.69) is 5.32 Å². The Morgan fingerprint density at radius 1 is 1.17 bits per heavy atom. The van der Waals surface area contributed by atoms with Crippen molar-refractivity contribution in [3.63, 3.8) is 0 Å². The van der Waals surface area contributed by atoms with E-state index in [0.717, 1.165) is 21.7 Å². The van der Waals surface area contributed by atoms with Gasteiger partial charge < -0.3 is 14.8 Å². The fourth-order valence-corrected chi connectivity index (χ4v) is 2.83. The van der Waals surface area contributed by atoms with Crippen molar-refractivity contribution in [1.82, 2.24) is 5.32 Å². The van der Waals surface area contributed by atoms with Crippen molar-refractivity contribution in [1.29, 1.82) is 0 Å². The van der Waals surface area contributed by atoms with Crippen LogP contribution in [0.4, 0.5) is 0 Å². The molecule has 0 spiro atoms. The number of hydrogen-bond acceptors (Lipinski definition) is 3. The molecular formula is C19H19NO4. The lowest BCUT2D eigenvalue weighted by Crippen LogP contribution is -2.33. The molecule has 1 aromatic heterocycles. The highest BCUT2D eigenvalue weighted by Gasteiger charge is 2.13. The van der Waals surface area contributed by atoms with E-state index in [1.807, 2.05) is 42.5 Å². The van der Waals surface area contributed by atoms with Crippen LogP contribution in [0.1, 0.15) is 25.5 Å². The van der Waals surface area contributed by atoms with Crippen molar-refractivity contribution in [3.8, 4) is 0 Å². The van der Waals surface area contributed by atoms with Gasteiger partial charge in [0.1, 0.15) is 11.3 Å². The van der Waals surface area contributed by atoms with Crippen molar-refractivity contribution in [2.75, 3.05) is 0 Å². The zero-order valence-electron chi connectivity index (χ0n) is 13.4. The summed E-state index contributed by atoms with van der Waals surface area (Å²) in [5.41, 5.74) is 0.760. The Bertz CT molecular complexity index is 897. The van der Waals surface area contributed by atoms with Gasteiger partial charge in [-0.3, -0.25) is 9.59 Å². The monoisotopic (exact) mass is 325 g/mol. The van der Waals surface area contributed by atoms with Crippen LogP contribution in [0.15, 0.2) is 46.9 Å². The normalized spacial score (nSPS) is 12.4. The molecule has 0 bridgehead atoms. The van der Waals surface area contributed by atoms with Crippen LogP contribution < -0.4 is 5.32 Å². The fourth-order valence-electron chi connectivity index (χ4n) is 2.83. The summed E-state index contributed by atoms with van der Waals surface area (Å²) in [5.74, 6) is -0.430. The van der Waals surface area contributed by atoms with Crippen LogP contribution in [0.25, 0.3) is 21.7 Å². The van der Waals surface area contributed by atoms with Gasteiger partial charge in [-0.05, 0) is 36.2 Å². The Kier molecular flexibility index (Phi) is 4.51. The van der Waals surface area contributed by atoms with Crippen LogP contribution in [0.3, 0.4) is 0 Å². The largest absolute Gasteiger partial charge is 0.481 e. The summed E-state index contributed by atoms with van der Waals surface area (Å²) in [7, 11) is 0. The van der Waals surface area contributed by atoms with E-state index >= 15 is 0 Å². The number of carbonyl (C=O) groups excluding carboxylic acids is 1. The zero-order valence-corrected chi connectivity index (χ0v) is 13.4. The Balaban J connectivity index is 1.72. The number of furan rings is 1. The van der Waals surface area contributed by atoms with E-state index in [4.69, 9.17) is 9.52 Å². The first-order valence-electron chi connectivity index (χ1n) is 7.94. The molecule has 1 atom stereocenters. The minimum atomic E-state index is -0.861. The van der Waals surface area contributed by atoms with Gasteiger partial charge in [-0.2, -0.15) is 0 Å². The molecule has 3 rings (SSSR count). The first-order valence-corrected chi connectivity index (χ1v) is 7.94. The maximum atomic E-state index is 12.1. The smallest absolute Gasteiger partial charge is 0.303 e. The number of carbonyl (C=O) groups is 2. The summed E-state index contributed by atoms with van der Waals surface area (Å²) in [6, 6.07) is 13.7. The van der Waals surface area contributed by atoms with Crippen LogP contribution >= 0.6 is 0 Å². The SMILES string of the molecule is CC(CCC(=O)O)NC(=O)Cc1cc2c(ccc3ccccc32)o1. The number of benzene rings is 2. The Labute approximate surface area is 139 Å². The van der Waals surface area contributed by atoms with Crippen LogP contribution in [0.2, 0.25) is 0 Å². The van der Waals surface area contributed by atoms with Gasteiger partial charge >= 0.3 is 5.97 Å². The van der Waals surface area contributed by atoms with E-state index in [1.54, 1.807) is 6.92 Å². The lowest BCUT2D eigenvalue weighted by Gasteiger charge is -2.11. The van der Waals surface area contributed by atoms with Gasteiger partial charge in [-0.15, -0.1) is 0 Å². The number of fused-ring (bicyclic) bond motifs is 3. The molecule has 0 saturated carbocycles. The predicted octanol–water partition coefficient (Wildman–Crippen LogP) is 3.50. The zero-order chi connectivity index (χ0) is 17.1. The number of aliphatic carboxylic acids is 1. The van der Waals surface area contributed by atoms with Crippen LogP contribution in [0.5, 0.6) is 0 Å². The molecule has 1 unspecified atom stereocenters. The standard InChI is InChI=1S/C19H19NO4/c1-12(6-9-19(22)23)20-18(21)11-14-10-16-15-5-3-2-4-13(15)7-8-17(16)24-14/h2-5,7-8,10,12H,6,9,11H2,1H3,(H,20,21)(H,22,23). The van der Waals surface area contributed by atoms with Crippen molar-refractivity contribution in [2.24, 2.45) is 0 Å². The fraction of sp³-hybridized carbons (Fsp3) is 0.263. The highest BCUT2D eigenvalue weighted by atomic mass is 16.4. The summed E-state index contributed by atoms with van der Waals surface area (Å²) in [6.45, 7) is 1.80. The third kappa shape index (κ3) is 3.56. The van der Waals surface area contributed by atoms with Gasteiger partial charge in [0.05, 0.1) is 6.42 Å². The number of nitrogens with one attached hydrogen (secondary N) is 1. The van der Waals surface area contributed by atoms with Gasteiger partial charge in [-0.1, -0.05) is 30.3 Å². The number of hydrogen-bond donors (Lipinski definition) is 2. The molecule has 0 fully saturated rings. The van der Waals surface area contributed by atoms with Gasteiger partial charge in [0, 0.05) is 17.8 Å². The Hall–Kier alpha value is -2.82. The van der Waals surface area contributed by atoms with Gasteiger partial charge in [-0.25, -0.2) is 0 Å². The van der Waals surface area contributed by atoms with Crippen molar-refractivity contribution in [3.05, 3.63) is 48.2 Å². The molecule has 124 valence electrons. The second kappa shape index (κ2) is 6.74. The molecule has 0 aliphatic heterocycles. The quantitative estimate of drug-likeness (QED) is 0.727. The van der Waals surface area contributed by atoms with Gasteiger partial charge in [0.25, 0.3) is 0 Å². The van der Waals surface area contributed by atoms with Crippen LogP contribution in [-0.4, -0.2) is 23.0 Å². The molecule has 24 heavy (non-hydrogen) atoms. The average Bonchev–Trinajstić information content (AvgIpc) is 2.95. The van der Waals surface area contributed by atoms with E-state index in [9.17, 15) is 9.59 Å². The van der Waals surface area contributed by atoms with Crippen molar-refractivity contribution in [2.45, 2.75) is 32.2 Å². The molecule has 0 saturated heterocycles. The second-order valence-corrected chi connectivity index (χ2v) is 5.99. The summed E-state index contributed by atoms with van der Waals surface area (Å²) in [5, 5.41) is 14.7. The Morgan fingerprint density at radius 2 is 1.96 bits per heavy atom. The van der Waals surface area contributed by atoms with E-state index in [0.29, 0.717) is 12.2 Å². The number of carboxylic acids is 1. The summed E-state index contributed by atoms with van der Waals surface area (Å²) < 4.78 is 5.77. The first kappa shape index (κ1) is 16.1. The lowest BCUT2D eigenvalue weighted by atomic mass is 10.1. The lowest BCUT2D eigenvalue weighted by molar-refractivity contribution is -0.137. The minimum absolute atomic E-state index is 0.0398. The molecule has 1 amide bonds. The third-order valence-corrected chi connectivity index (χ3v) is 4.01. The maximum Gasteiger partial charge on any atom is 0.303 e. The summed E-state index contributed by atoms with van der Waals surface area (Å²) >= 11 is 0. The molecular weight excluding hydrogens is 306 g/mol. The highest BCUT2D eigenvalue weighted by molar-refractivity contribution is 6.06.